The number of benzene rings is 2. The summed E-state index contributed by atoms with van der Waals surface area (Å²) in [4.78, 5) is 4.16. The zero-order valence-corrected chi connectivity index (χ0v) is 14.9. The molecule has 0 aliphatic carbocycles. The first-order valence-electron chi connectivity index (χ1n) is 8.29. The molecule has 3 aromatic rings. The Kier molecular flexibility index (Phi) is 4.24. The molecule has 0 unspecified atom stereocenters. The maximum absolute atomic E-state index is 4.16. The first-order chi connectivity index (χ1) is 12.3. The summed E-state index contributed by atoms with van der Waals surface area (Å²) in [6, 6.07) is 25.5. The number of nitrogens with zero attached hydrogens (tertiary/aromatic N) is 2. The van der Waals surface area contributed by atoms with Crippen molar-refractivity contribution in [2.24, 2.45) is 0 Å². The van der Waals surface area contributed by atoms with E-state index in [9.17, 15) is 0 Å². The molecule has 0 radical (unpaired) electrons. The maximum atomic E-state index is 4.16. The van der Waals surface area contributed by atoms with E-state index in [1.807, 2.05) is 12.4 Å². The lowest BCUT2D eigenvalue weighted by Crippen LogP contribution is -2.41. The van der Waals surface area contributed by atoms with Crippen LogP contribution in [0.3, 0.4) is 0 Å². The molecule has 2 aromatic carbocycles. The Morgan fingerprint density at radius 1 is 0.800 bits per heavy atom. The van der Waals surface area contributed by atoms with Gasteiger partial charge in [-0.25, -0.2) is 4.58 Å². The Balaban J connectivity index is 2.00. The second kappa shape index (κ2) is 6.69. The SMILES string of the molecule is C[N+]1=C(c2ccncc2)SC=CC1(c1ccccc1)c1ccccc1. The van der Waals surface area contributed by atoms with Gasteiger partial charge in [0.1, 0.15) is 7.05 Å². The van der Waals surface area contributed by atoms with Crippen LogP contribution >= 0.6 is 11.8 Å². The fourth-order valence-corrected chi connectivity index (χ4v) is 4.40. The molecule has 1 aliphatic heterocycles. The van der Waals surface area contributed by atoms with Gasteiger partial charge in [-0.05, 0) is 29.3 Å². The molecule has 2 nitrogen and oxygen atoms in total. The quantitative estimate of drug-likeness (QED) is 0.642. The van der Waals surface area contributed by atoms with Gasteiger partial charge in [-0.3, -0.25) is 4.98 Å². The summed E-state index contributed by atoms with van der Waals surface area (Å²) in [5, 5.41) is 3.42. The predicted octanol–water partition coefficient (Wildman–Crippen LogP) is 4.67. The summed E-state index contributed by atoms with van der Waals surface area (Å²) in [5.41, 5.74) is 3.37. The van der Waals surface area contributed by atoms with E-state index in [1.165, 1.54) is 21.7 Å². The predicted molar refractivity (Wildman–Crippen MR) is 105 cm³/mol. The van der Waals surface area contributed by atoms with Crippen LogP contribution < -0.4 is 0 Å². The standard InChI is InChI=1S/C22H19N2S/c1-24-21(18-12-15-23-16-13-18)25-17-14-22(24,19-8-4-2-5-9-19)20-10-6-3-7-11-20/h2-17H,1H3/q+1. The van der Waals surface area contributed by atoms with E-state index >= 15 is 0 Å². The first kappa shape index (κ1) is 15.9. The molecule has 0 atom stereocenters. The third kappa shape index (κ3) is 2.71. The van der Waals surface area contributed by atoms with Gasteiger partial charge in [0.2, 0.25) is 10.6 Å². The first-order valence-corrected chi connectivity index (χ1v) is 9.17. The second-order valence-corrected chi connectivity index (χ2v) is 6.91. The van der Waals surface area contributed by atoms with Gasteiger partial charge in [-0.1, -0.05) is 60.7 Å². The molecule has 0 spiro atoms. The van der Waals surface area contributed by atoms with Crippen LogP contribution in [0.25, 0.3) is 0 Å². The molecular weight excluding hydrogens is 324 g/mol. The average Bonchev–Trinajstić information content (AvgIpc) is 2.70. The fourth-order valence-electron chi connectivity index (χ4n) is 3.44. The van der Waals surface area contributed by atoms with Crippen molar-refractivity contribution in [2.45, 2.75) is 5.54 Å². The molecule has 1 aliphatic rings. The van der Waals surface area contributed by atoms with E-state index in [4.69, 9.17) is 0 Å². The molecule has 0 saturated heterocycles. The van der Waals surface area contributed by atoms with Crippen molar-refractivity contribution in [2.75, 3.05) is 7.05 Å². The lowest BCUT2D eigenvalue weighted by Gasteiger charge is -2.31. The van der Waals surface area contributed by atoms with Crippen molar-refractivity contribution in [3.8, 4) is 0 Å². The molecule has 0 fully saturated rings. The van der Waals surface area contributed by atoms with Gasteiger partial charge in [-0.2, -0.15) is 0 Å². The summed E-state index contributed by atoms with van der Waals surface area (Å²) >= 11 is 1.75. The Hall–Kier alpha value is -2.65. The number of hydrogen-bond donors (Lipinski definition) is 0. The van der Waals surface area contributed by atoms with Crippen LogP contribution in [-0.2, 0) is 5.54 Å². The van der Waals surface area contributed by atoms with E-state index in [0.29, 0.717) is 0 Å². The minimum atomic E-state index is -0.327. The van der Waals surface area contributed by atoms with Gasteiger partial charge in [0.05, 0.1) is 5.56 Å². The molecule has 4 rings (SSSR count). The molecule has 3 heteroatoms. The smallest absolute Gasteiger partial charge is 0.247 e. The van der Waals surface area contributed by atoms with Crippen LogP contribution in [0.2, 0.25) is 0 Å². The van der Waals surface area contributed by atoms with E-state index in [0.717, 1.165) is 0 Å². The number of hydrogen-bond acceptors (Lipinski definition) is 2. The zero-order valence-electron chi connectivity index (χ0n) is 14.0. The van der Waals surface area contributed by atoms with Crippen molar-refractivity contribution in [3.05, 3.63) is 113 Å². The summed E-state index contributed by atoms with van der Waals surface area (Å²) in [7, 11) is 2.17. The van der Waals surface area contributed by atoms with Crippen LogP contribution in [-0.4, -0.2) is 21.7 Å². The van der Waals surface area contributed by atoms with Crippen molar-refractivity contribution in [3.63, 3.8) is 0 Å². The van der Waals surface area contributed by atoms with Gasteiger partial charge >= 0.3 is 0 Å². The normalized spacial score (nSPS) is 16.0. The summed E-state index contributed by atoms with van der Waals surface area (Å²) in [6.07, 6.45) is 6.00. The largest absolute Gasteiger partial charge is 0.265 e. The monoisotopic (exact) mass is 343 g/mol. The Labute approximate surface area is 152 Å². The van der Waals surface area contributed by atoms with Crippen LogP contribution in [0.4, 0.5) is 0 Å². The van der Waals surface area contributed by atoms with E-state index < -0.39 is 0 Å². The van der Waals surface area contributed by atoms with E-state index in [-0.39, 0.29) is 5.54 Å². The Bertz CT molecular complexity index is 877. The number of aromatic nitrogens is 1. The number of pyridine rings is 1. The van der Waals surface area contributed by atoms with Crippen molar-refractivity contribution in [1.82, 2.24) is 4.98 Å². The fraction of sp³-hybridized carbons (Fsp3) is 0.0909. The molecule has 0 bridgehead atoms. The van der Waals surface area contributed by atoms with Crippen LogP contribution in [0, 0.1) is 0 Å². The third-order valence-corrected chi connectivity index (χ3v) is 5.68. The van der Waals surface area contributed by atoms with Gasteiger partial charge in [-0.15, -0.1) is 0 Å². The lowest BCUT2D eigenvalue weighted by molar-refractivity contribution is -0.563. The average molecular weight is 343 g/mol. The lowest BCUT2D eigenvalue weighted by atomic mass is 9.82. The Morgan fingerprint density at radius 3 is 1.92 bits per heavy atom. The van der Waals surface area contributed by atoms with Crippen molar-refractivity contribution in [1.29, 1.82) is 0 Å². The van der Waals surface area contributed by atoms with Crippen LogP contribution in [0.1, 0.15) is 16.7 Å². The highest BCUT2D eigenvalue weighted by molar-refractivity contribution is 8.16. The van der Waals surface area contributed by atoms with Gasteiger partial charge in [0, 0.05) is 29.6 Å². The number of likely N-dealkylation sites (N-methyl/N-ethyl adjacent to an activating group) is 1. The highest BCUT2D eigenvalue weighted by Crippen LogP contribution is 2.39. The highest BCUT2D eigenvalue weighted by Gasteiger charge is 2.44. The maximum Gasteiger partial charge on any atom is 0.247 e. The second-order valence-electron chi connectivity index (χ2n) is 6.02. The number of rotatable bonds is 3. The van der Waals surface area contributed by atoms with Crippen molar-refractivity contribution < 1.29 is 4.58 Å². The third-order valence-electron chi connectivity index (χ3n) is 4.68. The molecule has 0 N–H and O–H groups in total. The molecule has 0 amide bonds. The zero-order chi connectivity index (χ0) is 17.1. The molecule has 122 valence electrons. The van der Waals surface area contributed by atoms with Crippen molar-refractivity contribution >= 4 is 16.8 Å². The molecule has 25 heavy (non-hydrogen) atoms. The Morgan fingerprint density at radius 2 is 1.36 bits per heavy atom. The number of thioether (sulfide) groups is 1. The molecule has 0 saturated carbocycles. The minimum absolute atomic E-state index is 0.327. The summed E-state index contributed by atoms with van der Waals surface area (Å²) in [5.74, 6) is 0. The summed E-state index contributed by atoms with van der Waals surface area (Å²) < 4.78 is 2.37. The molecule has 1 aromatic heterocycles. The van der Waals surface area contributed by atoms with Gasteiger partial charge in [0.25, 0.3) is 0 Å². The van der Waals surface area contributed by atoms with E-state index in [1.54, 1.807) is 11.8 Å². The molecular formula is C22H19N2S+. The van der Waals surface area contributed by atoms with Gasteiger partial charge in [0.15, 0.2) is 0 Å². The topological polar surface area (TPSA) is 15.9 Å². The van der Waals surface area contributed by atoms with Crippen LogP contribution in [0.15, 0.2) is 96.7 Å². The van der Waals surface area contributed by atoms with E-state index in [2.05, 4.69) is 101 Å². The molecule has 2 heterocycles. The highest BCUT2D eigenvalue weighted by atomic mass is 32.2. The van der Waals surface area contributed by atoms with Crippen LogP contribution in [0.5, 0.6) is 0 Å². The summed E-state index contributed by atoms with van der Waals surface area (Å²) in [6.45, 7) is 0. The van der Waals surface area contributed by atoms with Gasteiger partial charge < -0.3 is 0 Å². The minimum Gasteiger partial charge on any atom is -0.265 e.